The highest BCUT2D eigenvalue weighted by Gasteiger charge is 2.15. The molecule has 0 bridgehead atoms. The van der Waals surface area contributed by atoms with Gasteiger partial charge in [-0.3, -0.25) is 0 Å². The minimum atomic E-state index is -1.03. The van der Waals surface area contributed by atoms with Crippen molar-refractivity contribution in [2.75, 3.05) is 0 Å². The summed E-state index contributed by atoms with van der Waals surface area (Å²) in [6.45, 7) is 0. The van der Waals surface area contributed by atoms with Crippen molar-refractivity contribution in [2.24, 2.45) is 4.99 Å². The van der Waals surface area contributed by atoms with Crippen molar-refractivity contribution in [2.45, 2.75) is 4.90 Å². The Labute approximate surface area is 74.9 Å². The van der Waals surface area contributed by atoms with E-state index in [-0.39, 0.29) is 0 Å². The van der Waals surface area contributed by atoms with E-state index in [9.17, 15) is 4.21 Å². The molecule has 4 heteroatoms. The summed E-state index contributed by atoms with van der Waals surface area (Å²) < 4.78 is 12.1. The lowest BCUT2D eigenvalue weighted by atomic mass is 10.3. The fraction of sp³-hybridized carbons (Fsp3) is 0. The normalized spacial score (nSPS) is 20.3. The lowest BCUT2D eigenvalue weighted by Crippen LogP contribution is -1.83. The highest BCUT2D eigenvalue weighted by Crippen LogP contribution is 2.34. The molecule has 0 radical (unpaired) electrons. The van der Waals surface area contributed by atoms with Gasteiger partial charge in [-0.2, -0.15) is 0 Å². The first-order valence-corrected chi connectivity index (χ1v) is 5.03. The molecule has 1 heterocycles. The van der Waals surface area contributed by atoms with Gasteiger partial charge in [0.1, 0.15) is 0 Å². The highest BCUT2D eigenvalue weighted by atomic mass is 79.9. The third kappa shape index (κ3) is 1.06. The monoisotopic (exact) mass is 229 g/mol. The van der Waals surface area contributed by atoms with Crippen LogP contribution in [0.1, 0.15) is 0 Å². The van der Waals surface area contributed by atoms with Gasteiger partial charge in [0, 0.05) is 4.47 Å². The first-order chi connectivity index (χ1) is 5.29. The van der Waals surface area contributed by atoms with E-state index in [0.717, 1.165) is 15.1 Å². The summed E-state index contributed by atoms with van der Waals surface area (Å²) in [4.78, 5) is 4.80. The van der Waals surface area contributed by atoms with Crippen molar-refractivity contribution in [3.8, 4) is 0 Å². The van der Waals surface area contributed by atoms with Crippen LogP contribution in [0.5, 0.6) is 0 Å². The molecule has 0 aliphatic carbocycles. The summed E-state index contributed by atoms with van der Waals surface area (Å²) >= 11 is 3.33. The Morgan fingerprint density at radius 3 is 3.00 bits per heavy atom. The lowest BCUT2D eigenvalue weighted by Gasteiger charge is -1.95. The second-order valence-electron chi connectivity index (χ2n) is 2.12. The molecule has 1 unspecified atom stereocenters. The number of rotatable bonds is 0. The Kier molecular flexibility index (Phi) is 1.65. The van der Waals surface area contributed by atoms with Crippen molar-refractivity contribution in [1.82, 2.24) is 0 Å². The van der Waals surface area contributed by atoms with Crippen LogP contribution >= 0.6 is 15.9 Å². The maximum absolute atomic E-state index is 11.2. The van der Waals surface area contributed by atoms with Crippen molar-refractivity contribution in [1.29, 1.82) is 0 Å². The predicted molar refractivity (Wildman–Crippen MR) is 48.7 cm³/mol. The van der Waals surface area contributed by atoms with Crippen molar-refractivity contribution in [3.63, 3.8) is 0 Å². The number of benzene rings is 1. The molecule has 0 amide bonds. The first-order valence-electron chi connectivity index (χ1n) is 3.02. The molecule has 0 saturated heterocycles. The zero-order valence-electron chi connectivity index (χ0n) is 5.45. The maximum atomic E-state index is 11.2. The average Bonchev–Trinajstić information content (AvgIpc) is 2.35. The molecular formula is C7H4BrNOS. The molecule has 1 aliphatic rings. The van der Waals surface area contributed by atoms with Gasteiger partial charge >= 0.3 is 0 Å². The van der Waals surface area contributed by atoms with Gasteiger partial charge in [-0.15, -0.1) is 0 Å². The van der Waals surface area contributed by atoms with E-state index in [1.165, 1.54) is 5.55 Å². The van der Waals surface area contributed by atoms with Crippen LogP contribution < -0.4 is 0 Å². The third-order valence-electron chi connectivity index (χ3n) is 1.44. The van der Waals surface area contributed by atoms with Crippen LogP contribution in [0, 0.1) is 0 Å². The zero-order valence-corrected chi connectivity index (χ0v) is 7.85. The molecule has 11 heavy (non-hydrogen) atoms. The first kappa shape index (κ1) is 7.18. The molecule has 1 aliphatic heterocycles. The van der Waals surface area contributed by atoms with Gasteiger partial charge < -0.3 is 0 Å². The topological polar surface area (TPSA) is 29.4 Å². The number of aliphatic imine (C=N–C) groups is 1. The van der Waals surface area contributed by atoms with Gasteiger partial charge in [0.25, 0.3) is 0 Å². The van der Waals surface area contributed by atoms with Crippen molar-refractivity contribution < 1.29 is 4.21 Å². The molecule has 0 spiro atoms. The van der Waals surface area contributed by atoms with E-state index in [4.69, 9.17) is 0 Å². The molecule has 1 atom stereocenters. The largest absolute Gasteiger partial charge is 0.248 e. The van der Waals surface area contributed by atoms with Crippen molar-refractivity contribution >= 4 is 38.0 Å². The van der Waals surface area contributed by atoms with E-state index in [0.29, 0.717) is 0 Å². The minimum absolute atomic E-state index is 0.791. The Morgan fingerprint density at radius 2 is 2.27 bits per heavy atom. The van der Waals surface area contributed by atoms with E-state index in [1.807, 2.05) is 18.2 Å². The van der Waals surface area contributed by atoms with Crippen LogP contribution in [-0.4, -0.2) is 9.76 Å². The lowest BCUT2D eigenvalue weighted by molar-refractivity contribution is 0.691. The molecule has 0 saturated carbocycles. The van der Waals surface area contributed by atoms with Crippen LogP contribution in [0.25, 0.3) is 0 Å². The fourth-order valence-corrected chi connectivity index (χ4v) is 2.42. The van der Waals surface area contributed by atoms with Gasteiger partial charge in [-0.25, -0.2) is 9.20 Å². The van der Waals surface area contributed by atoms with Crippen molar-refractivity contribution in [3.05, 3.63) is 22.7 Å². The van der Waals surface area contributed by atoms with E-state index < -0.39 is 10.8 Å². The smallest absolute Gasteiger partial charge is 0.0984 e. The van der Waals surface area contributed by atoms with E-state index >= 15 is 0 Å². The molecule has 0 aromatic heterocycles. The Balaban J connectivity index is 2.74. The van der Waals surface area contributed by atoms with Gasteiger partial charge in [-0.05, 0) is 28.1 Å². The zero-order chi connectivity index (χ0) is 7.84. The molecule has 2 rings (SSSR count). The second-order valence-corrected chi connectivity index (χ2v) is 4.22. The van der Waals surface area contributed by atoms with Gasteiger partial charge in [0.05, 0.1) is 26.9 Å². The highest BCUT2D eigenvalue weighted by molar-refractivity contribution is 9.10. The summed E-state index contributed by atoms with van der Waals surface area (Å²) in [5, 5.41) is 0. The number of nitrogens with zero attached hydrogens (tertiary/aromatic N) is 1. The Morgan fingerprint density at radius 1 is 1.45 bits per heavy atom. The minimum Gasteiger partial charge on any atom is -0.248 e. The molecule has 0 fully saturated rings. The second kappa shape index (κ2) is 2.53. The number of hydrogen-bond acceptors (Lipinski definition) is 2. The number of fused-ring (bicyclic) bond motifs is 1. The Hall–Kier alpha value is -0.480. The molecule has 0 N–H and O–H groups in total. The molecule has 2 nitrogen and oxygen atoms in total. The summed E-state index contributed by atoms with van der Waals surface area (Å²) in [6, 6.07) is 5.57. The summed E-state index contributed by atoms with van der Waals surface area (Å²) in [7, 11) is -1.03. The number of halogens is 1. The molecular weight excluding hydrogens is 226 g/mol. The average molecular weight is 230 g/mol. The number of hydrogen-bond donors (Lipinski definition) is 0. The van der Waals surface area contributed by atoms with E-state index in [1.54, 1.807) is 0 Å². The summed E-state index contributed by atoms with van der Waals surface area (Å²) in [5.41, 5.74) is 2.25. The molecule has 1 aromatic carbocycles. The summed E-state index contributed by atoms with van der Waals surface area (Å²) in [5.74, 6) is 0. The predicted octanol–water partition coefficient (Wildman–Crippen LogP) is 2.23. The van der Waals surface area contributed by atoms with Crippen LogP contribution in [0.3, 0.4) is 0 Å². The van der Waals surface area contributed by atoms with Crippen LogP contribution in [0.2, 0.25) is 0 Å². The van der Waals surface area contributed by atoms with Crippen LogP contribution in [0.4, 0.5) is 5.69 Å². The van der Waals surface area contributed by atoms with Gasteiger partial charge in [0.2, 0.25) is 0 Å². The SMILES string of the molecule is O=S1C=Nc2c(Br)cccc21. The third-order valence-corrected chi connectivity index (χ3v) is 3.14. The van der Waals surface area contributed by atoms with Crippen LogP contribution in [0.15, 0.2) is 32.6 Å². The molecule has 1 aromatic rings. The van der Waals surface area contributed by atoms with Gasteiger partial charge in [0.15, 0.2) is 0 Å². The standard InChI is InChI=1S/C7H4BrNOS/c8-5-2-1-3-6-7(5)9-4-11(6)10/h1-4H. The quantitative estimate of drug-likeness (QED) is 0.671. The maximum Gasteiger partial charge on any atom is 0.0984 e. The summed E-state index contributed by atoms with van der Waals surface area (Å²) in [6.07, 6.45) is 0. The number of para-hydroxylation sites is 1. The molecule has 56 valence electrons. The van der Waals surface area contributed by atoms with E-state index in [2.05, 4.69) is 20.9 Å². The fourth-order valence-electron chi connectivity index (χ4n) is 0.941. The van der Waals surface area contributed by atoms with Crippen LogP contribution in [-0.2, 0) is 10.8 Å². The van der Waals surface area contributed by atoms with Gasteiger partial charge in [-0.1, -0.05) is 6.07 Å². The Bertz CT molecular complexity index is 361.